The zero-order chi connectivity index (χ0) is 14.8. The van der Waals surface area contributed by atoms with Gasteiger partial charge in [-0.15, -0.1) is 0 Å². The topological polar surface area (TPSA) is 38.0 Å². The van der Waals surface area contributed by atoms with Crippen molar-refractivity contribution in [1.29, 1.82) is 0 Å². The van der Waals surface area contributed by atoms with E-state index in [2.05, 4.69) is 9.78 Å². The van der Waals surface area contributed by atoms with Crippen molar-refractivity contribution in [2.45, 2.75) is 51.2 Å². The summed E-state index contributed by atoms with van der Waals surface area (Å²) in [4.78, 5) is 0. The van der Waals surface area contributed by atoms with Gasteiger partial charge in [0.1, 0.15) is 0 Å². The van der Waals surface area contributed by atoms with Gasteiger partial charge in [0.15, 0.2) is 0 Å². The van der Waals surface area contributed by atoms with E-state index in [1.807, 2.05) is 37.4 Å². The fourth-order valence-electron chi connectivity index (χ4n) is 3.14. The highest BCUT2D eigenvalue weighted by molar-refractivity contribution is 6.30. The molecule has 1 aromatic heterocycles. The minimum atomic E-state index is -0.560. The average molecular weight is 305 g/mol. The first-order chi connectivity index (χ1) is 10.1. The van der Waals surface area contributed by atoms with E-state index in [0.717, 1.165) is 16.8 Å². The van der Waals surface area contributed by atoms with Crippen molar-refractivity contribution in [1.82, 2.24) is 9.78 Å². The quantitative estimate of drug-likeness (QED) is 0.917. The molecule has 1 fully saturated rings. The van der Waals surface area contributed by atoms with E-state index in [4.69, 9.17) is 11.6 Å². The van der Waals surface area contributed by atoms with Crippen molar-refractivity contribution in [3.05, 3.63) is 52.3 Å². The lowest BCUT2D eigenvalue weighted by Crippen LogP contribution is -2.08. The molecule has 1 unspecified atom stereocenters. The molecule has 1 heterocycles. The standard InChI is InChI=1S/C17H21ClN2O/c1-12-6-7-13(18)10-16(12)17(21)11-14-8-9-20(19-14)15-4-2-3-5-15/h6-10,15,17,21H,2-5,11H2,1H3. The van der Waals surface area contributed by atoms with Crippen molar-refractivity contribution in [2.75, 3.05) is 0 Å². The molecule has 1 aromatic carbocycles. The summed E-state index contributed by atoms with van der Waals surface area (Å²) in [7, 11) is 0. The van der Waals surface area contributed by atoms with Crippen LogP contribution < -0.4 is 0 Å². The maximum absolute atomic E-state index is 10.4. The summed E-state index contributed by atoms with van der Waals surface area (Å²) >= 11 is 6.02. The molecule has 0 spiro atoms. The fraction of sp³-hybridized carbons (Fsp3) is 0.471. The van der Waals surface area contributed by atoms with Gasteiger partial charge in [-0.05, 0) is 49.1 Å². The molecule has 1 N–H and O–H groups in total. The van der Waals surface area contributed by atoms with Crippen LogP contribution in [-0.2, 0) is 6.42 Å². The zero-order valence-electron chi connectivity index (χ0n) is 12.3. The first-order valence-electron chi connectivity index (χ1n) is 7.61. The maximum Gasteiger partial charge on any atom is 0.0849 e. The Bertz CT molecular complexity index is 617. The van der Waals surface area contributed by atoms with Crippen molar-refractivity contribution >= 4 is 11.6 Å². The van der Waals surface area contributed by atoms with E-state index >= 15 is 0 Å². The third-order valence-corrected chi connectivity index (χ3v) is 4.60. The van der Waals surface area contributed by atoms with E-state index in [0.29, 0.717) is 17.5 Å². The van der Waals surface area contributed by atoms with E-state index in [-0.39, 0.29) is 0 Å². The molecule has 1 aliphatic carbocycles. The molecule has 21 heavy (non-hydrogen) atoms. The predicted octanol–water partition coefficient (Wildman–Crippen LogP) is 4.24. The Labute approximate surface area is 130 Å². The van der Waals surface area contributed by atoms with Crippen molar-refractivity contribution in [3.8, 4) is 0 Å². The highest BCUT2D eigenvalue weighted by Gasteiger charge is 2.19. The van der Waals surface area contributed by atoms with E-state index in [1.165, 1.54) is 25.7 Å². The van der Waals surface area contributed by atoms with Crippen LogP contribution in [0.4, 0.5) is 0 Å². The lowest BCUT2D eigenvalue weighted by Gasteiger charge is -2.13. The van der Waals surface area contributed by atoms with Crippen molar-refractivity contribution in [3.63, 3.8) is 0 Å². The number of aromatic nitrogens is 2. The molecule has 1 atom stereocenters. The van der Waals surface area contributed by atoms with Gasteiger partial charge in [0.2, 0.25) is 0 Å². The Morgan fingerprint density at radius 2 is 2.10 bits per heavy atom. The summed E-state index contributed by atoms with van der Waals surface area (Å²) in [6, 6.07) is 8.19. The van der Waals surface area contributed by atoms with Crippen LogP contribution in [0.1, 0.15) is 54.6 Å². The van der Waals surface area contributed by atoms with Crippen molar-refractivity contribution in [2.24, 2.45) is 0 Å². The second-order valence-electron chi connectivity index (χ2n) is 5.95. The lowest BCUT2D eigenvalue weighted by molar-refractivity contribution is 0.176. The second-order valence-corrected chi connectivity index (χ2v) is 6.38. The number of benzene rings is 1. The van der Waals surface area contributed by atoms with E-state index < -0.39 is 6.10 Å². The Balaban J connectivity index is 1.72. The number of halogens is 1. The van der Waals surface area contributed by atoms with Gasteiger partial charge in [0, 0.05) is 17.6 Å². The molecule has 0 bridgehead atoms. The molecule has 0 aliphatic heterocycles. The summed E-state index contributed by atoms with van der Waals surface area (Å²) in [5.41, 5.74) is 2.88. The van der Waals surface area contributed by atoms with Gasteiger partial charge in [-0.3, -0.25) is 4.68 Å². The van der Waals surface area contributed by atoms with Crippen LogP contribution in [0.5, 0.6) is 0 Å². The van der Waals surface area contributed by atoms with Crippen LogP contribution in [0.3, 0.4) is 0 Å². The lowest BCUT2D eigenvalue weighted by atomic mass is 10.0. The second kappa shape index (κ2) is 6.20. The minimum absolute atomic E-state index is 0.529. The third-order valence-electron chi connectivity index (χ3n) is 4.37. The summed E-state index contributed by atoms with van der Waals surface area (Å²) in [6.07, 6.45) is 7.04. The van der Waals surface area contributed by atoms with E-state index in [9.17, 15) is 5.11 Å². The number of nitrogens with zero attached hydrogens (tertiary/aromatic N) is 2. The molecule has 112 valence electrons. The number of aliphatic hydroxyl groups excluding tert-OH is 1. The van der Waals surface area contributed by atoms with Crippen LogP contribution in [0.2, 0.25) is 5.02 Å². The normalized spacial score (nSPS) is 17.3. The number of aliphatic hydroxyl groups is 1. The van der Waals surface area contributed by atoms with Gasteiger partial charge in [0.05, 0.1) is 17.8 Å². The summed E-state index contributed by atoms with van der Waals surface area (Å²) < 4.78 is 2.07. The van der Waals surface area contributed by atoms with Gasteiger partial charge in [-0.1, -0.05) is 30.5 Å². The molecular formula is C17H21ClN2O. The van der Waals surface area contributed by atoms with Gasteiger partial charge in [0.25, 0.3) is 0 Å². The minimum Gasteiger partial charge on any atom is -0.388 e. The SMILES string of the molecule is Cc1ccc(Cl)cc1C(O)Cc1ccn(C2CCCC2)n1. The Kier molecular flexibility index (Phi) is 4.32. The van der Waals surface area contributed by atoms with Crippen molar-refractivity contribution < 1.29 is 5.11 Å². The summed E-state index contributed by atoms with van der Waals surface area (Å²) in [5, 5.41) is 15.7. The molecule has 3 nitrogen and oxygen atoms in total. The monoisotopic (exact) mass is 304 g/mol. The fourth-order valence-corrected chi connectivity index (χ4v) is 3.32. The largest absolute Gasteiger partial charge is 0.388 e. The van der Waals surface area contributed by atoms with E-state index in [1.54, 1.807) is 0 Å². The first-order valence-corrected chi connectivity index (χ1v) is 7.99. The van der Waals surface area contributed by atoms with Gasteiger partial charge >= 0.3 is 0 Å². The molecule has 1 saturated carbocycles. The number of hydrogen-bond donors (Lipinski definition) is 1. The number of hydrogen-bond acceptors (Lipinski definition) is 2. The highest BCUT2D eigenvalue weighted by Crippen LogP contribution is 2.29. The Morgan fingerprint density at radius 3 is 2.86 bits per heavy atom. The summed E-state index contributed by atoms with van der Waals surface area (Å²) in [5.74, 6) is 0. The van der Waals surface area contributed by atoms with Gasteiger partial charge < -0.3 is 5.11 Å². The van der Waals surface area contributed by atoms with Crippen LogP contribution in [0.15, 0.2) is 30.5 Å². The van der Waals surface area contributed by atoms with Crippen LogP contribution >= 0.6 is 11.6 Å². The molecule has 0 saturated heterocycles. The number of rotatable bonds is 4. The molecular weight excluding hydrogens is 284 g/mol. The molecule has 0 amide bonds. The number of aryl methyl sites for hydroxylation is 1. The van der Waals surface area contributed by atoms with Gasteiger partial charge in [-0.25, -0.2) is 0 Å². The average Bonchev–Trinajstić information content (AvgIpc) is 3.11. The summed E-state index contributed by atoms with van der Waals surface area (Å²) in [6.45, 7) is 1.99. The zero-order valence-corrected chi connectivity index (χ0v) is 13.1. The molecule has 1 aliphatic rings. The highest BCUT2D eigenvalue weighted by atomic mass is 35.5. The Morgan fingerprint density at radius 1 is 1.33 bits per heavy atom. The molecule has 3 rings (SSSR count). The predicted molar refractivity (Wildman–Crippen MR) is 84.6 cm³/mol. The molecule has 0 radical (unpaired) electrons. The van der Waals surface area contributed by atoms with Crippen LogP contribution in [0.25, 0.3) is 0 Å². The Hall–Kier alpha value is -1.32. The van der Waals surface area contributed by atoms with Gasteiger partial charge in [-0.2, -0.15) is 5.10 Å². The molecule has 4 heteroatoms. The van der Waals surface area contributed by atoms with Crippen LogP contribution in [-0.4, -0.2) is 14.9 Å². The first kappa shape index (κ1) is 14.6. The maximum atomic E-state index is 10.4. The molecule has 2 aromatic rings. The third kappa shape index (κ3) is 3.30. The van der Waals surface area contributed by atoms with Crippen LogP contribution in [0, 0.1) is 6.92 Å². The smallest absolute Gasteiger partial charge is 0.0849 e.